The molecule has 0 bridgehead atoms. The van der Waals surface area contributed by atoms with Crippen LogP contribution in [0.3, 0.4) is 0 Å². The summed E-state index contributed by atoms with van der Waals surface area (Å²) in [5.41, 5.74) is 0.590. The highest BCUT2D eigenvalue weighted by Crippen LogP contribution is 2.24. The van der Waals surface area contributed by atoms with Crippen molar-refractivity contribution in [2.24, 2.45) is 0 Å². The van der Waals surface area contributed by atoms with Crippen molar-refractivity contribution in [2.45, 2.75) is 6.92 Å². The molecule has 78 valence electrons. The van der Waals surface area contributed by atoms with Gasteiger partial charge in [-0.1, -0.05) is 12.1 Å². The Morgan fingerprint density at radius 1 is 1.47 bits per heavy atom. The predicted molar refractivity (Wildman–Crippen MR) is 54.4 cm³/mol. The monoisotopic (exact) mass is 207 g/mol. The molecule has 0 unspecified atom stereocenters. The molecule has 5 nitrogen and oxygen atoms in total. The van der Waals surface area contributed by atoms with E-state index in [-0.39, 0.29) is 5.69 Å². The van der Waals surface area contributed by atoms with E-state index in [0.29, 0.717) is 11.1 Å². The summed E-state index contributed by atoms with van der Waals surface area (Å²) in [7, 11) is 0. The van der Waals surface area contributed by atoms with Gasteiger partial charge in [0.05, 0.1) is 10.5 Å². The van der Waals surface area contributed by atoms with Crippen LogP contribution >= 0.6 is 0 Å². The summed E-state index contributed by atoms with van der Waals surface area (Å²) in [5, 5.41) is 19.2. The van der Waals surface area contributed by atoms with Gasteiger partial charge in [0, 0.05) is 12.1 Å². The lowest BCUT2D eigenvalue weighted by atomic mass is 10.1. The van der Waals surface area contributed by atoms with Gasteiger partial charge < -0.3 is 5.11 Å². The van der Waals surface area contributed by atoms with Crippen LogP contribution in [-0.4, -0.2) is 16.0 Å². The van der Waals surface area contributed by atoms with Crippen LogP contribution in [0.5, 0.6) is 0 Å². The second-order valence-corrected chi connectivity index (χ2v) is 2.94. The van der Waals surface area contributed by atoms with Crippen LogP contribution in [0.15, 0.2) is 30.3 Å². The Kier molecular flexibility index (Phi) is 3.17. The van der Waals surface area contributed by atoms with E-state index in [1.807, 2.05) is 0 Å². The number of nitro groups is 1. The maximum Gasteiger partial charge on any atom is 0.328 e. The van der Waals surface area contributed by atoms with Crippen molar-refractivity contribution in [2.75, 3.05) is 0 Å². The number of carboxylic acids is 1. The molecule has 0 spiro atoms. The van der Waals surface area contributed by atoms with E-state index in [4.69, 9.17) is 5.11 Å². The summed E-state index contributed by atoms with van der Waals surface area (Å²) < 4.78 is 0. The van der Waals surface area contributed by atoms with E-state index >= 15 is 0 Å². The summed E-state index contributed by atoms with van der Waals surface area (Å²) in [6, 6.07) is 6.03. The fraction of sp³-hybridized carbons (Fsp3) is 0.100. The molecule has 5 heteroatoms. The van der Waals surface area contributed by atoms with Gasteiger partial charge in [0.2, 0.25) is 0 Å². The van der Waals surface area contributed by atoms with Gasteiger partial charge >= 0.3 is 5.97 Å². The summed E-state index contributed by atoms with van der Waals surface area (Å²) in [5.74, 6) is -1.12. The highest BCUT2D eigenvalue weighted by Gasteiger charge is 2.13. The topological polar surface area (TPSA) is 80.4 Å². The standard InChI is InChI=1S/C10H9NO4/c1-7(6-10(12)13)8-4-2-3-5-9(8)11(14)15/h2-6H,1H3,(H,12,13)/b7-6-. The maximum absolute atomic E-state index is 10.6. The Labute approximate surface area is 85.8 Å². The Morgan fingerprint density at radius 2 is 2.07 bits per heavy atom. The number of nitro benzene ring substituents is 1. The first-order valence-corrected chi connectivity index (χ1v) is 4.17. The van der Waals surface area contributed by atoms with Gasteiger partial charge in [-0.05, 0) is 18.6 Å². The third-order valence-electron chi connectivity index (χ3n) is 1.87. The molecular formula is C10H9NO4. The SMILES string of the molecule is C/C(=C/C(=O)O)c1ccccc1[N+](=O)[O-]. The first kappa shape index (κ1) is 10.9. The van der Waals surface area contributed by atoms with Crippen LogP contribution in [0, 0.1) is 10.1 Å². The van der Waals surface area contributed by atoms with Crippen LogP contribution in [0.1, 0.15) is 12.5 Å². The largest absolute Gasteiger partial charge is 0.478 e. The number of rotatable bonds is 3. The van der Waals surface area contributed by atoms with Crippen molar-refractivity contribution >= 4 is 17.2 Å². The van der Waals surface area contributed by atoms with Crippen LogP contribution in [0.25, 0.3) is 5.57 Å². The number of para-hydroxylation sites is 1. The average Bonchev–Trinajstić information content (AvgIpc) is 2.16. The van der Waals surface area contributed by atoms with E-state index in [2.05, 4.69) is 0 Å². The van der Waals surface area contributed by atoms with Gasteiger partial charge in [-0.15, -0.1) is 0 Å². The summed E-state index contributed by atoms with van der Waals surface area (Å²) in [4.78, 5) is 20.5. The molecule has 0 aromatic heterocycles. The van der Waals surface area contributed by atoms with Crippen molar-refractivity contribution in [3.05, 3.63) is 46.0 Å². The Balaban J connectivity index is 3.25. The first-order chi connectivity index (χ1) is 7.02. The molecule has 0 aliphatic carbocycles. The van der Waals surface area contributed by atoms with Gasteiger partial charge in [0.15, 0.2) is 0 Å². The molecule has 1 rings (SSSR count). The lowest BCUT2D eigenvalue weighted by molar-refractivity contribution is -0.385. The van der Waals surface area contributed by atoms with Crippen molar-refractivity contribution in [3.63, 3.8) is 0 Å². The molecule has 0 fully saturated rings. The third-order valence-corrected chi connectivity index (χ3v) is 1.87. The molecule has 15 heavy (non-hydrogen) atoms. The van der Waals surface area contributed by atoms with Gasteiger partial charge in [-0.25, -0.2) is 4.79 Å². The maximum atomic E-state index is 10.6. The zero-order chi connectivity index (χ0) is 11.4. The van der Waals surface area contributed by atoms with E-state index < -0.39 is 10.9 Å². The number of allylic oxidation sites excluding steroid dienone is 1. The fourth-order valence-corrected chi connectivity index (χ4v) is 1.23. The zero-order valence-corrected chi connectivity index (χ0v) is 8.01. The molecule has 0 aliphatic heterocycles. The van der Waals surface area contributed by atoms with Gasteiger partial charge in [0.1, 0.15) is 0 Å². The van der Waals surface area contributed by atoms with Crippen molar-refractivity contribution < 1.29 is 14.8 Å². The highest BCUT2D eigenvalue weighted by atomic mass is 16.6. The molecule has 0 radical (unpaired) electrons. The summed E-state index contributed by atoms with van der Waals surface area (Å²) in [6.07, 6.45) is 0.947. The summed E-state index contributed by atoms with van der Waals surface area (Å²) in [6.45, 7) is 1.52. The van der Waals surface area contributed by atoms with Gasteiger partial charge in [-0.3, -0.25) is 10.1 Å². The Morgan fingerprint density at radius 3 is 2.60 bits per heavy atom. The summed E-state index contributed by atoms with van der Waals surface area (Å²) >= 11 is 0. The lowest BCUT2D eigenvalue weighted by Crippen LogP contribution is -1.95. The smallest absolute Gasteiger partial charge is 0.328 e. The minimum atomic E-state index is -1.12. The number of carboxylic acid groups (broad SMARTS) is 1. The lowest BCUT2D eigenvalue weighted by Gasteiger charge is -2.01. The highest BCUT2D eigenvalue weighted by molar-refractivity contribution is 5.90. The van der Waals surface area contributed by atoms with Crippen molar-refractivity contribution in [1.29, 1.82) is 0 Å². The average molecular weight is 207 g/mol. The molecule has 0 atom stereocenters. The molecule has 0 amide bonds. The minimum Gasteiger partial charge on any atom is -0.478 e. The number of nitrogens with zero attached hydrogens (tertiary/aromatic N) is 1. The minimum absolute atomic E-state index is 0.0903. The number of carbonyl (C=O) groups is 1. The van der Waals surface area contributed by atoms with Crippen molar-refractivity contribution in [3.8, 4) is 0 Å². The Hall–Kier alpha value is -2.17. The molecule has 0 aliphatic rings. The molecular weight excluding hydrogens is 198 g/mol. The molecule has 1 N–H and O–H groups in total. The van der Waals surface area contributed by atoms with Crippen molar-refractivity contribution in [1.82, 2.24) is 0 Å². The van der Waals surface area contributed by atoms with E-state index in [1.165, 1.54) is 25.1 Å². The second kappa shape index (κ2) is 4.36. The molecule has 1 aromatic rings. The number of hydrogen-bond acceptors (Lipinski definition) is 3. The predicted octanol–water partition coefficient (Wildman–Crippen LogP) is 2.08. The van der Waals surface area contributed by atoms with E-state index in [1.54, 1.807) is 6.07 Å². The fourth-order valence-electron chi connectivity index (χ4n) is 1.23. The van der Waals surface area contributed by atoms with Gasteiger partial charge in [-0.2, -0.15) is 0 Å². The zero-order valence-electron chi connectivity index (χ0n) is 8.01. The Bertz CT molecular complexity index is 437. The normalized spacial score (nSPS) is 11.1. The van der Waals surface area contributed by atoms with Crippen LogP contribution in [-0.2, 0) is 4.79 Å². The molecule has 0 heterocycles. The quantitative estimate of drug-likeness (QED) is 0.467. The van der Waals surface area contributed by atoms with E-state index in [0.717, 1.165) is 6.08 Å². The second-order valence-electron chi connectivity index (χ2n) is 2.94. The van der Waals surface area contributed by atoms with E-state index in [9.17, 15) is 14.9 Å². The number of aliphatic carboxylic acids is 1. The van der Waals surface area contributed by atoms with Crippen LogP contribution in [0.2, 0.25) is 0 Å². The third kappa shape index (κ3) is 2.63. The molecule has 0 saturated heterocycles. The van der Waals surface area contributed by atoms with Crippen LogP contribution in [0.4, 0.5) is 5.69 Å². The molecule has 0 saturated carbocycles. The van der Waals surface area contributed by atoms with Gasteiger partial charge in [0.25, 0.3) is 5.69 Å². The first-order valence-electron chi connectivity index (χ1n) is 4.17. The van der Waals surface area contributed by atoms with Crippen LogP contribution < -0.4 is 0 Å². The molecule has 1 aromatic carbocycles. The number of hydrogen-bond donors (Lipinski definition) is 1. The number of benzene rings is 1.